The Morgan fingerprint density at radius 3 is 0.718 bits per heavy atom. The third-order valence-corrected chi connectivity index (χ3v) is 13.0. The number of anilines is 6. The number of nitrogens with zero attached hydrogens (tertiary/aromatic N) is 3. The molecule has 0 saturated heterocycles. The molecule has 0 spiro atoms. The molecule has 5 heteroatoms. The standard InChI is InChI=1S/C66H47N3O2/c70-69(71)62-44-34-57(35-45-62)64-47-66(68(60-40-30-54(31-41-60)50-20-10-3-11-21-50)61-42-32-55(33-43-61)51-22-12-4-13-23-51)65(46-63(64)56-24-14-5-15-25-56)67(58-36-26-52(27-37-58)48-16-6-1-7-17-48)59-38-28-53(29-39-59)49-18-8-2-9-19-49/h1-47H. The van der Waals surface area contributed by atoms with Gasteiger partial charge >= 0.3 is 0 Å². The number of nitro groups is 1. The Labute approximate surface area is 414 Å². The Kier molecular flexibility index (Phi) is 12.3. The number of non-ortho nitro benzene ring substituents is 1. The normalized spacial score (nSPS) is 10.9. The molecule has 0 saturated carbocycles. The molecule has 0 heterocycles. The Hall–Kier alpha value is -9.58. The van der Waals surface area contributed by atoms with Crippen molar-refractivity contribution in [3.8, 4) is 66.8 Å². The van der Waals surface area contributed by atoms with Gasteiger partial charge in [0.1, 0.15) is 0 Å². The molecule has 0 aliphatic heterocycles. The van der Waals surface area contributed by atoms with Gasteiger partial charge in [-0.15, -0.1) is 0 Å². The molecule has 71 heavy (non-hydrogen) atoms. The van der Waals surface area contributed by atoms with Crippen LogP contribution in [0.5, 0.6) is 0 Å². The minimum Gasteiger partial charge on any atom is -0.308 e. The minimum atomic E-state index is -0.347. The maximum atomic E-state index is 12.0. The summed E-state index contributed by atoms with van der Waals surface area (Å²) in [5, 5.41) is 12.0. The SMILES string of the molecule is O=[N+]([O-])c1ccc(-c2cc(N(c3ccc(-c4ccccc4)cc3)c3ccc(-c4ccccc4)cc3)c(N(c3ccc(-c4ccccc4)cc3)c3ccc(-c4ccccc4)cc3)cc2-c2ccccc2)cc1. The van der Waals surface area contributed by atoms with Gasteiger partial charge in [-0.25, -0.2) is 0 Å². The molecule has 0 atom stereocenters. The van der Waals surface area contributed by atoms with Crippen molar-refractivity contribution in [1.29, 1.82) is 0 Å². The molecule has 0 fully saturated rings. The van der Waals surface area contributed by atoms with Crippen LogP contribution in [0, 0.1) is 10.1 Å². The van der Waals surface area contributed by atoms with Crippen molar-refractivity contribution < 1.29 is 4.92 Å². The summed E-state index contributed by atoms with van der Waals surface area (Å²) in [4.78, 5) is 16.4. The van der Waals surface area contributed by atoms with Crippen LogP contribution in [-0.4, -0.2) is 4.92 Å². The van der Waals surface area contributed by atoms with Gasteiger partial charge in [0.15, 0.2) is 0 Å². The first-order valence-corrected chi connectivity index (χ1v) is 23.7. The Balaban J connectivity index is 1.20. The second-order valence-electron chi connectivity index (χ2n) is 17.4. The number of hydrogen-bond donors (Lipinski definition) is 0. The Bertz CT molecular complexity index is 3370. The molecular weight excluding hydrogens is 867 g/mol. The lowest BCUT2D eigenvalue weighted by Gasteiger charge is -2.35. The molecule has 0 unspecified atom stereocenters. The molecule has 0 radical (unpaired) electrons. The highest BCUT2D eigenvalue weighted by molar-refractivity contribution is 5.99. The smallest absolute Gasteiger partial charge is 0.269 e. The van der Waals surface area contributed by atoms with E-state index in [-0.39, 0.29) is 10.6 Å². The van der Waals surface area contributed by atoms with Crippen molar-refractivity contribution in [2.75, 3.05) is 9.80 Å². The zero-order valence-electron chi connectivity index (χ0n) is 38.8. The largest absolute Gasteiger partial charge is 0.308 e. The first-order valence-electron chi connectivity index (χ1n) is 23.7. The molecule has 11 aromatic rings. The Morgan fingerprint density at radius 1 is 0.254 bits per heavy atom. The first-order chi connectivity index (χ1) is 35.0. The highest BCUT2D eigenvalue weighted by atomic mass is 16.6. The molecule has 11 aromatic carbocycles. The van der Waals surface area contributed by atoms with Crippen molar-refractivity contribution in [3.05, 3.63) is 295 Å². The third kappa shape index (κ3) is 9.36. The van der Waals surface area contributed by atoms with E-state index in [1.807, 2.05) is 42.5 Å². The van der Waals surface area contributed by atoms with E-state index in [2.05, 4.69) is 240 Å². The van der Waals surface area contributed by atoms with Crippen LogP contribution in [0.25, 0.3) is 66.8 Å². The van der Waals surface area contributed by atoms with Gasteiger partial charge < -0.3 is 9.80 Å². The van der Waals surface area contributed by atoms with Crippen LogP contribution in [0.3, 0.4) is 0 Å². The van der Waals surface area contributed by atoms with Crippen molar-refractivity contribution in [2.24, 2.45) is 0 Å². The van der Waals surface area contributed by atoms with Crippen LogP contribution in [0.15, 0.2) is 285 Å². The van der Waals surface area contributed by atoms with E-state index in [4.69, 9.17) is 0 Å². The average Bonchev–Trinajstić information content (AvgIpc) is 3.45. The lowest BCUT2D eigenvalue weighted by Crippen LogP contribution is -2.17. The van der Waals surface area contributed by atoms with E-state index in [0.29, 0.717) is 0 Å². The first kappa shape index (κ1) is 44.0. The summed E-state index contributed by atoms with van der Waals surface area (Å²) >= 11 is 0. The fourth-order valence-corrected chi connectivity index (χ4v) is 9.38. The molecule has 338 valence electrons. The predicted octanol–water partition coefficient (Wildman–Crippen LogP) is 18.5. The molecule has 0 amide bonds. The van der Waals surface area contributed by atoms with Gasteiger partial charge in [-0.1, -0.05) is 200 Å². The van der Waals surface area contributed by atoms with Crippen molar-refractivity contribution in [3.63, 3.8) is 0 Å². The summed E-state index contributed by atoms with van der Waals surface area (Å²) in [5.74, 6) is 0. The molecule has 0 aliphatic rings. The van der Waals surface area contributed by atoms with Gasteiger partial charge in [0.2, 0.25) is 0 Å². The molecule has 0 aliphatic carbocycles. The van der Waals surface area contributed by atoms with Crippen LogP contribution in [-0.2, 0) is 0 Å². The van der Waals surface area contributed by atoms with E-state index in [1.54, 1.807) is 12.1 Å². The molecule has 0 bridgehead atoms. The number of rotatable bonds is 13. The van der Waals surface area contributed by atoms with Crippen LogP contribution in [0.1, 0.15) is 0 Å². The molecule has 0 aromatic heterocycles. The maximum absolute atomic E-state index is 12.0. The molecular formula is C66H47N3O2. The van der Waals surface area contributed by atoms with Crippen LogP contribution < -0.4 is 9.80 Å². The number of nitro benzene ring substituents is 1. The summed E-state index contributed by atoms with van der Waals surface area (Å²) in [6, 6.07) is 98.8. The minimum absolute atomic E-state index is 0.0366. The lowest BCUT2D eigenvalue weighted by molar-refractivity contribution is -0.384. The van der Waals surface area contributed by atoms with Crippen molar-refractivity contribution >= 4 is 39.8 Å². The predicted molar refractivity (Wildman–Crippen MR) is 295 cm³/mol. The van der Waals surface area contributed by atoms with Gasteiger partial charge in [0, 0.05) is 34.9 Å². The van der Waals surface area contributed by atoms with Gasteiger partial charge in [-0.05, 0) is 140 Å². The van der Waals surface area contributed by atoms with Crippen molar-refractivity contribution in [1.82, 2.24) is 0 Å². The third-order valence-electron chi connectivity index (χ3n) is 13.0. The molecule has 11 rings (SSSR count). The topological polar surface area (TPSA) is 49.6 Å². The summed E-state index contributed by atoms with van der Waals surface area (Å²) in [6.07, 6.45) is 0. The summed E-state index contributed by atoms with van der Waals surface area (Å²) in [5.41, 5.74) is 18.5. The van der Waals surface area contributed by atoms with Gasteiger partial charge in [0.25, 0.3) is 5.69 Å². The molecule has 5 nitrogen and oxygen atoms in total. The van der Waals surface area contributed by atoms with Crippen molar-refractivity contribution in [2.45, 2.75) is 0 Å². The Morgan fingerprint density at radius 2 is 0.465 bits per heavy atom. The molecule has 0 N–H and O–H groups in total. The fourth-order valence-electron chi connectivity index (χ4n) is 9.38. The quantitative estimate of drug-likeness (QED) is 0.0854. The highest BCUT2D eigenvalue weighted by Crippen LogP contribution is 2.51. The second kappa shape index (κ2) is 19.9. The van der Waals surface area contributed by atoms with E-state index >= 15 is 0 Å². The lowest BCUT2D eigenvalue weighted by atomic mass is 9.91. The van der Waals surface area contributed by atoms with Gasteiger partial charge in [-0.3, -0.25) is 10.1 Å². The van der Waals surface area contributed by atoms with E-state index in [9.17, 15) is 10.1 Å². The van der Waals surface area contributed by atoms with Crippen LogP contribution in [0.2, 0.25) is 0 Å². The average molecular weight is 914 g/mol. The van der Waals surface area contributed by atoms with E-state index in [1.165, 1.54) is 0 Å². The van der Waals surface area contributed by atoms with Gasteiger partial charge in [0.05, 0.1) is 16.3 Å². The van der Waals surface area contributed by atoms with Crippen LogP contribution >= 0.6 is 0 Å². The van der Waals surface area contributed by atoms with Gasteiger partial charge in [-0.2, -0.15) is 0 Å². The monoisotopic (exact) mass is 913 g/mol. The summed E-state index contributed by atoms with van der Waals surface area (Å²) in [7, 11) is 0. The highest BCUT2D eigenvalue weighted by Gasteiger charge is 2.26. The summed E-state index contributed by atoms with van der Waals surface area (Å²) < 4.78 is 0. The summed E-state index contributed by atoms with van der Waals surface area (Å²) in [6.45, 7) is 0. The van der Waals surface area contributed by atoms with Crippen LogP contribution in [0.4, 0.5) is 39.8 Å². The number of benzene rings is 11. The zero-order chi connectivity index (χ0) is 47.9. The van der Waals surface area contributed by atoms with E-state index < -0.39 is 0 Å². The second-order valence-corrected chi connectivity index (χ2v) is 17.4. The zero-order valence-corrected chi connectivity index (χ0v) is 38.8. The van der Waals surface area contributed by atoms with E-state index in [0.717, 1.165) is 101 Å². The number of hydrogen-bond acceptors (Lipinski definition) is 4. The maximum Gasteiger partial charge on any atom is 0.269 e. The fraction of sp³-hybridized carbons (Fsp3) is 0.